The molecule has 2 atom stereocenters. The smallest absolute Gasteiger partial charge is 0.151 e. The Balaban J connectivity index is 1.73. The topological polar surface area (TPSA) is 46.2 Å². The van der Waals surface area contributed by atoms with E-state index >= 15 is 0 Å². The van der Waals surface area contributed by atoms with E-state index < -0.39 is 9.84 Å². The van der Waals surface area contributed by atoms with Crippen LogP contribution >= 0.6 is 0 Å². The molecule has 1 N–H and O–H groups in total. The van der Waals surface area contributed by atoms with Gasteiger partial charge in [-0.3, -0.25) is 0 Å². The van der Waals surface area contributed by atoms with Crippen LogP contribution in [0.25, 0.3) is 0 Å². The van der Waals surface area contributed by atoms with Crippen molar-refractivity contribution in [2.24, 2.45) is 11.3 Å². The Hall–Kier alpha value is -0.0900. The lowest BCUT2D eigenvalue weighted by Gasteiger charge is -2.11. The van der Waals surface area contributed by atoms with Crippen molar-refractivity contribution >= 4 is 9.84 Å². The monoisotopic (exact) mass is 217 g/mol. The van der Waals surface area contributed by atoms with E-state index in [0.717, 1.165) is 18.9 Å². The molecule has 82 valence electrons. The zero-order chi connectivity index (χ0) is 10.4. The summed E-state index contributed by atoms with van der Waals surface area (Å²) in [5.74, 6) is 1.48. The van der Waals surface area contributed by atoms with Crippen LogP contribution in [0.3, 0.4) is 0 Å². The highest BCUT2D eigenvalue weighted by molar-refractivity contribution is 7.91. The summed E-state index contributed by atoms with van der Waals surface area (Å²) in [6.45, 7) is 5.53. The first-order valence-corrected chi connectivity index (χ1v) is 7.15. The molecule has 3 nitrogen and oxygen atoms in total. The highest BCUT2D eigenvalue weighted by atomic mass is 32.2. The number of nitrogens with one attached hydrogen (secondary N) is 1. The molecule has 0 aromatic heterocycles. The SMILES string of the molecule is CC1(C)CC1CNC1CCS(=O)(=O)C1. The molecule has 4 heteroatoms. The minimum atomic E-state index is -2.71. The summed E-state index contributed by atoms with van der Waals surface area (Å²) in [5.41, 5.74) is 0.491. The van der Waals surface area contributed by atoms with E-state index in [9.17, 15) is 8.42 Å². The third kappa shape index (κ3) is 2.28. The molecule has 2 unspecified atom stereocenters. The second-order valence-electron chi connectivity index (χ2n) is 5.40. The van der Waals surface area contributed by atoms with Crippen molar-refractivity contribution in [3.05, 3.63) is 0 Å². The van der Waals surface area contributed by atoms with E-state index in [-0.39, 0.29) is 6.04 Å². The quantitative estimate of drug-likeness (QED) is 0.761. The van der Waals surface area contributed by atoms with Gasteiger partial charge in [-0.2, -0.15) is 0 Å². The van der Waals surface area contributed by atoms with Crippen molar-refractivity contribution in [2.75, 3.05) is 18.1 Å². The number of rotatable bonds is 3. The average Bonchev–Trinajstić information content (AvgIpc) is 2.48. The second kappa shape index (κ2) is 3.20. The van der Waals surface area contributed by atoms with E-state index in [4.69, 9.17) is 0 Å². The Morgan fingerprint density at radius 1 is 1.43 bits per heavy atom. The van der Waals surface area contributed by atoms with Crippen molar-refractivity contribution in [2.45, 2.75) is 32.7 Å². The molecule has 1 aliphatic heterocycles. The van der Waals surface area contributed by atoms with Gasteiger partial charge in [0.15, 0.2) is 9.84 Å². The Labute approximate surface area is 86.2 Å². The predicted molar refractivity (Wildman–Crippen MR) is 56.9 cm³/mol. The normalized spacial score (nSPS) is 38.4. The maximum Gasteiger partial charge on any atom is 0.151 e. The Morgan fingerprint density at radius 2 is 2.07 bits per heavy atom. The Kier molecular flexibility index (Phi) is 2.39. The van der Waals surface area contributed by atoms with Crippen LogP contribution in [0.2, 0.25) is 0 Å². The predicted octanol–water partition coefficient (Wildman–Crippen LogP) is 0.809. The molecule has 1 heterocycles. The van der Waals surface area contributed by atoms with Crippen LogP contribution < -0.4 is 5.32 Å². The molecule has 2 aliphatic rings. The molecule has 1 aliphatic carbocycles. The minimum Gasteiger partial charge on any atom is -0.313 e. The highest BCUT2D eigenvalue weighted by Gasteiger charge is 2.45. The molecule has 0 aromatic carbocycles. The second-order valence-corrected chi connectivity index (χ2v) is 7.63. The molecular formula is C10H19NO2S. The molecular weight excluding hydrogens is 198 g/mol. The fourth-order valence-electron chi connectivity index (χ4n) is 2.19. The van der Waals surface area contributed by atoms with Gasteiger partial charge < -0.3 is 5.32 Å². The average molecular weight is 217 g/mol. The summed E-state index contributed by atoms with van der Waals surface area (Å²) < 4.78 is 22.4. The third-order valence-electron chi connectivity index (χ3n) is 3.60. The maximum atomic E-state index is 11.2. The van der Waals surface area contributed by atoms with E-state index in [1.165, 1.54) is 6.42 Å². The van der Waals surface area contributed by atoms with Gasteiger partial charge in [-0.05, 0) is 30.7 Å². The van der Waals surface area contributed by atoms with Crippen molar-refractivity contribution < 1.29 is 8.42 Å². The molecule has 0 radical (unpaired) electrons. The van der Waals surface area contributed by atoms with Crippen LogP contribution in [0.5, 0.6) is 0 Å². The zero-order valence-electron chi connectivity index (χ0n) is 8.91. The molecule has 0 bridgehead atoms. The summed E-state index contributed by atoms with van der Waals surface area (Å²) in [5, 5.41) is 3.38. The van der Waals surface area contributed by atoms with Crippen LogP contribution in [0.4, 0.5) is 0 Å². The van der Waals surface area contributed by atoms with E-state index in [1.54, 1.807) is 0 Å². The first-order chi connectivity index (χ1) is 6.39. The summed E-state index contributed by atoms with van der Waals surface area (Å²) in [6.07, 6.45) is 2.08. The third-order valence-corrected chi connectivity index (χ3v) is 5.37. The van der Waals surface area contributed by atoms with Crippen LogP contribution in [0.1, 0.15) is 26.7 Å². The first-order valence-electron chi connectivity index (χ1n) is 5.33. The lowest BCUT2D eigenvalue weighted by atomic mass is 10.1. The number of sulfone groups is 1. The molecule has 0 amide bonds. The van der Waals surface area contributed by atoms with Crippen LogP contribution in [0.15, 0.2) is 0 Å². The van der Waals surface area contributed by atoms with Crippen LogP contribution in [0, 0.1) is 11.3 Å². The molecule has 2 rings (SSSR count). The van der Waals surface area contributed by atoms with Gasteiger partial charge in [0.05, 0.1) is 11.5 Å². The molecule has 0 spiro atoms. The van der Waals surface area contributed by atoms with Gasteiger partial charge in [0.2, 0.25) is 0 Å². The van der Waals surface area contributed by atoms with Crippen molar-refractivity contribution in [3.63, 3.8) is 0 Å². The summed E-state index contributed by atoms with van der Waals surface area (Å²) in [7, 11) is -2.71. The molecule has 1 saturated heterocycles. The number of hydrogen-bond donors (Lipinski definition) is 1. The minimum absolute atomic E-state index is 0.219. The number of hydrogen-bond acceptors (Lipinski definition) is 3. The van der Waals surface area contributed by atoms with E-state index in [1.807, 2.05) is 0 Å². The summed E-state index contributed by atoms with van der Waals surface area (Å²) in [4.78, 5) is 0. The fourth-order valence-corrected chi connectivity index (χ4v) is 3.90. The molecule has 2 fully saturated rings. The highest BCUT2D eigenvalue weighted by Crippen LogP contribution is 2.51. The van der Waals surface area contributed by atoms with Gasteiger partial charge in [-0.25, -0.2) is 8.42 Å². The van der Waals surface area contributed by atoms with Gasteiger partial charge in [-0.15, -0.1) is 0 Å². The summed E-state index contributed by atoms with van der Waals surface area (Å²) in [6, 6.07) is 0.219. The standard InChI is InChI=1S/C10H19NO2S/c1-10(2)5-8(10)6-11-9-3-4-14(12,13)7-9/h8-9,11H,3-7H2,1-2H3. The first kappa shape index (κ1) is 10.4. The zero-order valence-corrected chi connectivity index (χ0v) is 9.73. The lowest BCUT2D eigenvalue weighted by molar-refractivity contribution is 0.479. The lowest BCUT2D eigenvalue weighted by Crippen LogP contribution is -2.32. The van der Waals surface area contributed by atoms with Gasteiger partial charge in [0.25, 0.3) is 0 Å². The van der Waals surface area contributed by atoms with Crippen molar-refractivity contribution in [1.82, 2.24) is 5.32 Å². The van der Waals surface area contributed by atoms with Gasteiger partial charge in [0, 0.05) is 6.04 Å². The van der Waals surface area contributed by atoms with Crippen LogP contribution in [-0.4, -0.2) is 32.5 Å². The van der Waals surface area contributed by atoms with E-state index in [2.05, 4.69) is 19.2 Å². The Morgan fingerprint density at radius 3 is 2.50 bits per heavy atom. The van der Waals surface area contributed by atoms with Gasteiger partial charge in [-0.1, -0.05) is 13.8 Å². The Bertz CT molecular complexity index is 321. The molecule has 0 aromatic rings. The molecule has 1 saturated carbocycles. The van der Waals surface area contributed by atoms with Crippen LogP contribution in [-0.2, 0) is 9.84 Å². The van der Waals surface area contributed by atoms with E-state index in [0.29, 0.717) is 16.9 Å². The van der Waals surface area contributed by atoms with Crippen molar-refractivity contribution in [3.8, 4) is 0 Å². The van der Waals surface area contributed by atoms with Gasteiger partial charge in [0.1, 0.15) is 0 Å². The van der Waals surface area contributed by atoms with Gasteiger partial charge >= 0.3 is 0 Å². The maximum absolute atomic E-state index is 11.2. The summed E-state index contributed by atoms with van der Waals surface area (Å²) >= 11 is 0. The van der Waals surface area contributed by atoms with Crippen molar-refractivity contribution in [1.29, 1.82) is 0 Å². The molecule has 14 heavy (non-hydrogen) atoms. The fraction of sp³-hybridized carbons (Fsp3) is 1.00. The largest absolute Gasteiger partial charge is 0.313 e.